The smallest absolute Gasteiger partial charge is 0.324 e. The van der Waals surface area contributed by atoms with Crippen LogP contribution in [0.4, 0.5) is 4.79 Å². The number of aliphatic hydroxyl groups excluding tert-OH is 1. The summed E-state index contributed by atoms with van der Waals surface area (Å²) >= 11 is 0. The molecule has 0 aromatic rings. The van der Waals surface area contributed by atoms with Crippen LogP contribution in [0.2, 0.25) is 0 Å². The van der Waals surface area contributed by atoms with Crippen molar-refractivity contribution in [2.24, 2.45) is 0 Å². The van der Waals surface area contributed by atoms with Gasteiger partial charge in [0.1, 0.15) is 0 Å². The maximum atomic E-state index is 12.0. The normalized spacial score (nSPS) is 24.6. The minimum atomic E-state index is -0.272. The first-order valence-corrected chi connectivity index (χ1v) is 6.65. The first-order valence-electron chi connectivity index (χ1n) is 6.65. The number of aliphatic hydroxyl groups is 1. The molecule has 2 fully saturated rings. The van der Waals surface area contributed by atoms with E-state index in [4.69, 9.17) is 5.11 Å². The fourth-order valence-corrected chi connectivity index (χ4v) is 2.73. The minimum absolute atomic E-state index is 0.110. The van der Waals surface area contributed by atoms with Crippen LogP contribution in [0, 0.1) is 0 Å². The topological polar surface area (TPSA) is 72.9 Å². The lowest BCUT2D eigenvalue weighted by Crippen LogP contribution is -2.43. The van der Waals surface area contributed by atoms with Crippen LogP contribution in [-0.2, 0) is 4.79 Å². The number of rotatable bonds is 5. The predicted octanol–water partition coefficient (Wildman–Crippen LogP) is -0.225. The molecule has 2 aliphatic rings. The van der Waals surface area contributed by atoms with E-state index < -0.39 is 0 Å². The average Bonchev–Trinajstić information content (AvgIpc) is 2.95. The Kier molecular flexibility index (Phi) is 4.54. The van der Waals surface area contributed by atoms with Gasteiger partial charge in [0, 0.05) is 25.7 Å². The van der Waals surface area contributed by atoms with Gasteiger partial charge in [0.05, 0.1) is 6.54 Å². The number of nitrogens with one attached hydrogen (secondary N) is 1. The van der Waals surface area contributed by atoms with Gasteiger partial charge in [-0.15, -0.1) is 0 Å². The summed E-state index contributed by atoms with van der Waals surface area (Å²) in [5.74, 6) is -0.110. The average molecular weight is 255 g/mol. The van der Waals surface area contributed by atoms with E-state index >= 15 is 0 Å². The number of amides is 3. The van der Waals surface area contributed by atoms with Crippen LogP contribution in [0.5, 0.6) is 0 Å². The fourth-order valence-electron chi connectivity index (χ4n) is 2.73. The monoisotopic (exact) mass is 255 g/mol. The number of carbonyl (C=O) groups is 2. The van der Waals surface area contributed by atoms with Gasteiger partial charge in [0.2, 0.25) is 5.91 Å². The number of likely N-dealkylation sites (tertiary alicyclic amines) is 1. The van der Waals surface area contributed by atoms with Crippen molar-refractivity contribution < 1.29 is 14.7 Å². The van der Waals surface area contributed by atoms with Gasteiger partial charge in [-0.05, 0) is 32.2 Å². The van der Waals surface area contributed by atoms with Crippen molar-refractivity contribution in [2.45, 2.75) is 31.7 Å². The Hall–Kier alpha value is -1.14. The van der Waals surface area contributed by atoms with E-state index in [1.165, 1.54) is 4.90 Å². The number of carbonyl (C=O) groups excluding carboxylic acids is 2. The van der Waals surface area contributed by atoms with Gasteiger partial charge in [-0.25, -0.2) is 4.79 Å². The fraction of sp³-hybridized carbons (Fsp3) is 0.833. The molecule has 3 amide bonds. The molecule has 2 saturated heterocycles. The molecule has 1 atom stereocenters. The zero-order valence-electron chi connectivity index (χ0n) is 10.6. The van der Waals surface area contributed by atoms with Crippen LogP contribution < -0.4 is 5.32 Å². The van der Waals surface area contributed by atoms with Crippen molar-refractivity contribution in [3.8, 4) is 0 Å². The zero-order chi connectivity index (χ0) is 13.0. The summed E-state index contributed by atoms with van der Waals surface area (Å²) in [6.45, 7) is 2.47. The number of nitrogens with zero attached hydrogens (tertiary/aromatic N) is 2. The Morgan fingerprint density at radius 3 is 2.94 bits per heavy atom. The number of urea groups is 1. The van der Waals surface area contributed by atoms with Crippen LogP contribution >= 0.6 is 0 Å². The summed E-state index contributed by atoms with van der Waals surface area (Å²) < 4.78 is 0. The summed E-state index contributed by atoms with van der Waals surface area (Å²) in [7, 11) is 0. The first-order chi connectivity index (χ1) is 8.72. The van der Waals surface area contributed by atoms with E-state index in [-0.39, 0.29) is 18.5 Å². The summed E-state index contributed by atoms with van der Waals surface area (Å²) in [6.07, 6.45) is 3.88. The maximum absolute atomic E-state index is 12.0. The Morgan fingerprint density at radius 1 is 1.44 bits per heavy atom. The molecule has 6 nitrogen and oxygen atoms in total. The molecule has 2 rings (SSSR count). The zero-order valence-corrected chi connectivity index (χ0v) is 10.6. The molecule has 0 saturated carbocycles. The standard InChI is InChI=1S/C12H21N3O3/c16-8-2-4-10-3-1-6-14(10)9-11(17)15-7-5-13-12(15)18/h10,16H,1-9H2,(H,13,18). The van der Waals surface area contributed by atoms with Crippen molar-refractivity contribution in [1.82, 2.24) is 15.1 Å². The molecule has 1 unspecified atom stereocenters. The highest BCUT2D eigenvalue weighted by atomic mass is 16.3. The minimum Gasteiger partial charge on any atom is -0.396 e. The van der Waals surface area contributed by atoms with E-state index in [1.807, 2.05) is 0 Å². The van der Waals surface area contributed by atoms with Gasteiger partial charge in [-0.3, -0.25) is 14.6 Å². The lowest BCUT2D eigenvalue weighted by molar-refractivity contribution is -0.129. The van der Waals surface area contributed by atoms with Crippen molar-refractivity contribution >= 4 is 11.9 Å². The second-order valence-corrected chi connectivity index (χ2v) is 4.91. The van der Waals surface area contributed by atoms with E-state index in [0.717, 1.165) is 32.2 Å². The Balaban J connectivity index is 1.84. The van der Waals surface area contributed by atoms with Gasteiger partial charge >= 0.3 is 6.03 Å². The van der Waals surface area contributed by atoms with Gasteiger partial charge in [-0.1, -0.05) is 0 Å². The quantitative estimate of drug-likeness (QED) is 0.712. The summed E-state index contributed by atoms with van der Waals surface area (Å²) in [6, 6.07) is 0.109. The van der Waals surface area contributed by atoms with Crippen molar-refractivity contribution in [3.63, 3.8) is 0 Å². The van der Waals surface area contributed by atoms with Crippen LogP contribution in [0.25, 0.3) is 0 Å². The van der Waals surface area contributed by atoms with Gasteiger partial charge in [-0.2, -0.15) is 0 Å². The molecular weight excluding hydrogens is 234 g/mol. The number of hydrogen-bond acceptors (Lipinski definition) is 4. The van der Waals surface area contributed by atoms with Crippen molar-refractivity contribution in [1.29, 1.82) is 0 Å². The lowest BCUT2D eigenvalue weighted by Gasteiger charge is -2.25. The Labute approximate surface area is 107 Å². The van der Waals surface area contributed by atoms with Crippen LogP contribution in [-0.4, -0.2) is 65.7 Å². The molecule has 6 heteroatoms. The molecule has 102 valence electrons. The van der Waals surface area contributed by atoms with Crippen LogP contribution in [0.1, 0.15) is 25.7 Å². The van der Waals surface area contributed by atoms with Crippen molar-refractivity contribution in [3.05, 3.63) is 0 Å². The number of imide groups is 1. The van der Waals surface area contributed by atoms with Gasteiger partial charge in [0.15, 0.2) is 0 Å². The SMILES string of the molecule is O=C(CN1CCCC1CCCO)N1CCNC1=O. The van der Waals surface area contributed by atoms with E-state index in [0.29, 0.717) is 25.7 Å². The van der Waals surface area contributed by atoms with Crippen molar-refractivity contribution in [2.75, 3.05) is 32.8 Å². The molecule has 0 radical (unpaired) electrons. The first kappa shape index (κ1) is 13.3. The number of hydrogen-bond donors (Lipinski definition) is 2. The molecule has 2 aliphatic heterocycles. The molecule has 0 aromatic carbocycles. The third-order valence-corrected chi connectivity index (χ3v) is 3.69. The molecule has 2 heterocycles. The highest BCUT2D eigenvalue weighted by molar-refractivity contribution is 5.96. The molecule has 18 heavy (non-hydrogen) atoms. The maximum Gasteiger partial charge on any atom is 0.324 e. The van der Waals surface area contributed by atoms with Crippen LogP contribution in [0.3, 0.4) is 0 Å². The summed E-state index contributed by atoms with van der Waals surface area (Å²) in [4.78, 5) is 26.8. The van der Waals surface area contributed by atoms with Crippen LogP contribution in [0.15, 0.2) is 0 Å². The molecule has 0 aromatic heterocycles. The largest absolute Gasteiger partial charge is 0.396 e. The molecule has 0 bridgehead atoms. The highest BCUT2D eigenvalue weighted by Crippen LogP contribution is 2.21. The molecule has 0 aliphatic carbocycles. The Bertz CT molecular complexity index is 322. The third-order valence-electron chi connectivity index (χ3n) is 3.69. The predicted molar refractivity (Wildman–Crippen MR) is 66.0 cm³/mol. The molecule has 0 spiro atoms. The van der Waals surface area contributed by atoms with Gasteiger partial charge in [0.25, 0.3) is 0 Å². The Morgan fingerprint density at radius 2 is 2.28 bits per heavy atom. The lowest BCUT2D eigenvalue weighted by atomic mass is 10.1. The van der Waals surface area contributed by atoms with E-state index in [1.54, 1.807) is 0 Å². The van der Waals surface area contributed by atoms with E-state index in [9.17, 15) is 9.59 Å². The van der Waals surface area contributed by atoms with E-state index in [2.05, 4.69) is 10.2 Å². The second-order valence-electron chi connectivity index (χ2n) is 4.91. The van der Waals surface area contributed by atoms with Gasteiger partial charge < -0.3 is 10.4 Å². The second kappa shape index (κ2) is 6.15. The highest BCUT2D eigenvalue weighted by Gasteiger charge is 2.31. The third kappa shape index (κ3) is 3.00. The summed E-state index contributed by atoms with van der Waals surface area (Å²) in [5, 5.41) is 11.5. The molecular formula is C12H21N3O3. The summed E-state index contributed by atoms with van der Waals surface area (Å²) in [5.41, 5.74) is 0. The molecule has 2 N–H and O–H groups in total.